The zero-order valence-electron chi connectivity index (χ0n) is 11.8. The van der Waals surface area contributed by atoms with Crippen LogP contribution in [0.5, 0.6) is 0 Å². The Kier molecular flexibility index (Phi) is 5.77. The standard InChI is InChI=1S/C15H20N2O3/c1-11(2)10-17(3)15(20)16-13(9-14(18)19)12-7-5-4-6-8-12/h4-8,13H,1,9-10H2,2-3H3,(H,16,20)(H,18,19). The van der Waals surface area contributed by atoms with Gasteiger partial charge in [-0.3, -0.25) is 4.79 Å². The lowest BCUT2D eigenvalue weighted by Gasteiger charge is -2.23. The predicted molar refractivity (Wildman–Crippen MR) is 77.4 cm³/mol. The van der Waals surface area contributed by atoms with Gasteiger partial charge in [-0.2, -0.15) is 0 Å². The Bertz CT molecular complexity index is 485. The molecule has 1 aromatic carbocycles. The SMILES string of the molecule is C=C(C)CN(C)C(=O)NC(CC(=O)O)c1ccccc1. The molecule has 0 heterocycles. The molecule has 0 aliphatic rings. The van der Waals surface area contributed by atoms with Gasteiger partial charge in [0.15, 0.2) is 0 Å². The smallest absolute Gasteiger partial charge is 0.317 e. The van der Waals surface area contributed by atoms with Crippen LogP contribution in [0, 0.1) is 0 Å². The molecular weight excluding hydrogens is 256 g/mol. The van der Waals surface area contributed by atoms with Crippen molar-refractivity contribution in [1.82, 2.24) is 10.2 Å². The number of likely N-dealkylation sites (N-methyl/N-ethyl adjacent to an activating group) is 1. The van der Waals surface area contributed by atoms with Gasteiger partial charge in [0, 0.05) is 13.6 Å². The minimum atomic E-state index is -0.957. The topological polar surface area (TPSA) is 69.6 Å². The van der Waals surface area contributed by atoms with E-state index >= 15 is 0 Å². The molecule has 2 N–H and O–H groups in total. The molecule has 108 valence electrons. The van der Waals surface area contributed by atoms with Crippen molar-refractivity contribution < 1.29 is 14.7 Å². The Morgan fingerprint density at radius 2 is 1.95 bits per heavy atom. The minimum absolute atomic E-state index is 0.156. The third-order valence-electron chi connectivity index (χ3n) is 2.73. The third kappa shape index (κ3) is 5.14. The van der Waals surface area contributed by atoms with Crippen molar-refractivity contribution in [2.24, 2.45) is 0 Å². The first kappa shape index (κ1) is 15.8. The number of urea groups is 1. The fourth-order valence-electron chi connectivity index (χ4n) is 1.85. The van der Waals surface area contributed by atoms with Gasteiger partial charge in [0.2, 0.25) is 0 Å². The van der Waals surface area contributed by atoms with E-state index in [9.17, 15) is 9.59 Å². The Morgan fingerprint density at radius 1 is 1.35 bits per heavy atom. The van der Waals surface area contributed by atoms with Crippen LogP contribution in [-0.4, -0.2) is 35.6 Å². The highest BCUT2D eigenvalue weighted by atomic mass is 16.4. The summed E-state index contributed by atoms with van der Waals surface area (Å²) in [4.78, 5) is 24.4. The molecule has 1 unspecified atom stereocenters. The molecule has 0 aliphatic heterocycles. The lowest BCUT2D eigenvalue weighted by atomic mass is 10.0. The van der Waals surface area contributed by atoms with Crippen molar-refractivity contribution in [2.45, 2.75) is 19.4 Å². The molecule has 1 rings (SSSR count). The Hall–Kier alpha value is -2.30. The summed E-state index contributed by atoms with van der Waals surface area (Å²) >= 11 is 0. The Balaban J connectivity index is 2.78. The number of carbonyl (C=O) groups is 2. The van der Waals surface area contributed by atoms with E-state index in [1.54, 1.807) is 19.2 Å². The lowest BCUT2D eigenvalue weighted by Crippen LogP contribution is -2.40. The highest BCUT2D eigenvalue weighted by Crippen LogP contribution is 2.16. The zero-order valence-corrected chi connectivity index (χ0v) is 11.8. The van der Waals surface area contributed by atoms with E-state index in [-0.39, 0.29) is 12.5 Å². The molecule has 5 heteroatoms. The predicted octanol–water partition coefficient (Wildman–Crippen LogP) is 2.42. The molecule has 0 saturated carbocycles. The highest BCUT2D eigenvalue weighted by Gasteiger charge is 2.19. The summed E-state index contributed by atoms with van der Waals surface area (Å²) in [5.41, 5.74) is 1.63. The molecule has 0 bridgehead atoms. The first-order chi connectivity index (χ1) is 9.40. The number of carbonyl (C=O) groups excluding carboxylic acids is 1. The van der Waals surface area contributed by atoms with Gasteiger partial charge in [-0.1, -0.05) is 42.5 Å². The van der Waals surface area contributed by atoms with Crippen molar-refractivity contribution >= 4 is 12.0 Å². The van der Waals surface area contributed by atoms with Gasteiger partial charge in [0.05, 0.1) is 12.5 Å². The van der Waals surface area contributed by atoms with Crippen LogP contribution >= 0.6 is 0 Å². The number of hydrogen-bond acceptors (Lipinski definition) is 2. The van der Waals surface area contributed by atoms with E-state index in [4.69, 9.17) is 5.11 Å². The maximum atomic E-state index is 12.0. The quantitative estimate of drug-likeness (QED) is 0.784. The largest absolute Gasteiger partial charge is 0.481 e. The number of rotatable bonds is 6. The van der Waals surface area contributed by atoms with Crippen LogP contribution in [0.15, 0.2) is 42.5 Å². The van der Waals surface area contributed by atoms with Crippen molar-refractivity contribution in [3.8, 4) is 0 Å². The molecule has 0 aliphatic carbocycles. The average molecular weight is 276 g/mol. The van der Waals surface area contributed by atoms with Gasteiger partial charge in [-0.05, 0) is 12.5 Å². The minimum Gasteiger partial charge on any atom is -0.481 e. The second-order valence-corrected chi connectivity index (χ2v) is 4.82. The monoisotopic (exact) mass is 276 g/mol. The maximum absolute atomic E-state index is 12.0. The number of carboxylic acid groups (broad SMARTS) is 1. The van der Waals surface area contributed by atoms with Crippen LogP contribution < -0.4 is 5.32 Å². The van der Waals surface area contributed by atoms with E-state index < -0.39 is 12.0 Å². The number of nitrogens with zero attached hydrogens (tertiary/aromatic N) is 1. The molecule has 0 radical (unpaired) electrons. The molecule has 0 aromatic heterocycles. The summed E-state index contributed by atoms with van der Waals surface area (Å²) in [5.74, 6) is -0.957. The van der Waals surface area contributed by atoms with Crippen molar-refractivity contribution in [3.63, 3.8) is 0 Å². The first-order valence-electron chi connectivity index (χ1n) is 6.33. The van der Waals surface area contributed by atoms with Crippen LogP contribution in [0.1, 0.15) is 24.9 Å². The van der Waals surface area contributed by atoms with Crippen LogP contribution in [0.4, 0.5) is 4.79 Å². The zero-order chi connectivity index (χ0) is 15.1. The van der Waals surface area contributed by atoms with E-state index in [1.165, 1.54) is 4.90 Å². The lowest BCUT2D eigenvalue weighted by molar-refractivity contribution is -0.137. The van der Waals surface area contributed by atoms with E-state index in [2.05, 4.69) is 11.9 Å². The van der Waals surface area contributed by atoms with Gasteiger partial charge in [-0.25, -0.2) is 4.79 Å². The van der Waals surface area contributed by atoms with Crippen LogP contribution in [0.3, 0.4) is 0 Å². The maximum Gasteiger partial charge on any atom is 0.317 e. The molecule has 1 aromatic rings. The molecule has 20 heavy (non-hydrogen) atoms. The van der Waals surface area contributed by atoms with E-state index in [0.29, 0.717) is 6.54 Å². The average Bonchev–Trinajstić information content (AvgIpc) is 2.37. The molecule has 0 fully saturated rings. The number of benzene rings is 1. The van der Waals surface area contributed by atoms with Gasteiger partial charge >= 0.3 is 12.0 Å². The first-order valence-corrected chi connectivity index (χ1v) is 6.33. The number of aliphatic carboxylic acids is 1. The fraction of sp³-hybridized carbons (Fsp3) is 0.333. The summed E-state index contributed by atoms with van der Waals surface area (Å²) in [5, 5.41) is 11.7. The molecule has 1 atom stereocenters. The van der Waals surface area contributed by atoms with E-state index in [0.717, 1.165) is 11.1 Å². The second-order valence-electron chi connectivity index (χ2n) is 4.82. The second kappa shape index (κ2) is 7.33. The summed E-state index contributed by atoms with van der Waals surface area (Å²) in [6.07, 6.45) is -0.156. The molecule has 0 saturated heterocycles. The number of amides is 2. The van der Waals surface area contributed by atoms with Crippen LogP contribution in [0.2, 0.25) is 0 Å². The van der Waals surface area contributed by atoms with Gasteiger partial charge in [-0.15, -0.1) is 0 Å². The normalized spacial score (nSPS) is 11.5. The molecule has 2 amide bonds. The third-order valence-corrected chi connectivity index (χ3v) is 2.73. The van der Waals surface area contributed by atoms with Gasteiger partial charge in [0.1, 0.15) is 0 Å². The van der Waals surface area contributed by atoms with Crippen molar-refractivity contribution in [3.05, 3.63) is 48.0 Å². The van der Waals surface area contributed by atoms with Gasteiger partial charge < -0.3 is 15.3 Å². The van der Waals surface area contributed by atoms with E-state index in [1.807, 2.05) is 25.1 Å². The molecule has 5 nitrogen and oxygen atoms in total. The number of nitrogens with one attached hydrogen (secondary N) is 1. The van der Waals surface area contributed by atoms with Gasteiger partial charge in [0.25, 0.3) is 0 Å². The van der Waals surface area contributed by atoms with Crippen LogP contribution in [0.25, 0.3) is 0 Å². The summed E-state index contributed by atoms with van der Waals surface area (Å²) in [7, 11) is 1.65. The summed E-state index contributed by atoms with van der Waals surface area (Å²) in [6.45, 7) is 6.01. The van der Waals surface area contributed by atoms with Crippen molar-refractivity contribution in [1.29, 1.82) is 0 Å². The Labute approximate surface area is 118 Å². The van der Waals surface area contributed by atoms with Crippen molar-refractivity contribution in [2.75, 3.05) is 13.6 Å². The fourth-order valence-corrected chi connectivity index (χ4v) is 1.85. The summed E-state index contributed by atoms with van der Waals surface area (Å²) < 4.78 is 0. The molecule has 0 spiro atoms. The number of hydrogen-bond donors (Lipinski definition) is 2. The van der Waals surface area contributed by atoms with Crippen LogP contribution in [-0.2, 0) is 4.79 Å². The summed E-state index contributed by atoms with van der Waals surface area (Å²) in [6, 6.07) is 8.20. The molecular formula is C15H20N2O3. The Morgan fingerprint density at radius 3 is 2.45 bits per heavy atom. The highest BCUT2D eigenvalue weighted by molar-refractivity contribution is 5.76. The number of carboxylic acids is 1.